The lowest BCUT2D eigenvalue weighted by atomic mass is 10.0. The summed E-state index contributed by atoms with van der Waals surface area (Å²) in [5.74, 6) is 0.808. The van der Waals surface area contributed by atoms with Crippen molar-refractivity contribution in [1.82, 2.24) is 15.2 Å². The molecule has 1 aromatic heterocycles. The first kappa shape index (κ1) is 26.5. The van der Waals surface area contributed by atoms with Crippen molar-refractivity contribution in [1.29, 1.82) is 0 Å². The average Bonchev–Trinajstić information content (AvgIpc) is 3.37. The molecule has 1 saturated heterocycles. The van der Waals surface area contributed by atoms with Gasteiger partial charge < -0.3 is 23.8 Å². The Labute approximate surface area is 217 Å². The number of halogens is 1. The van der Waals surface area contributed by atoms with Gasteiger partial charge in [-0.25, -0.2) is 9.79 Å². The fourth-order valence-corrected chi connectivity index (χ4v) is 5.77. The number of amidine groups is 1. The summed E-state index contributed by atoms with van der Waals surface area (Å²) < 4.78 is 24.1. The van der Waals surface area contributed by atoms with E-state index in [4.69, 9.17) is 28.9 Å². The van der Waals surface area contributed by atoms with Crippen LogP contribution in [0.1, 0.15) is 49.0 Å². The number of hydrogen-bond donors (Lipinski definition) is 1. The number of carbonyl (C=O) groups is 1. The van der Waals surface area contributed by atoms with Crippen molar-refractivity contribution < 1.29 is 23.7 Å². The molecule has 9 nitrogen and oxygen atoms in total. The van der Waals surface area contributed by atoms with Gasteiger partial charge in [0.05, 0.1) is 31.4 Å². The predicted molar refractivity (Wildman–Crippen MR) is 139 cm³/mol. The van der Waals surface area contributed by atoms with Gasteiger partial charge >= 0.3 is 6.09 Å². The summed E-state index contributed by atoms with van der Waals surface area (Å²) in [7, 11) is 0.167. The molecule has 0 spiro atoms. The first-order valence-electron chi connectivity index (χ1n) is 12.4. The van der Waals surface area contributed by atoms with Gasteiger partial charge in [-0.15, -0.1) is 0 Å². The second kappa shape index (κ2) is 11.7. The molecule has 0 bridgehead atoms. The number of nitrogens with one attached hydrogen (secondary N) is 1. The van der Waals surface area contributed by atoms with Crippen LogP contribution < -0.4 is 5.32 Å². The molecule has 4 rings (SSSR count). The number of aromatic nitrogens is 1. The zero-order valence-electron chi connectivity index (χ0n) is 21.1. The minimum atomic E-state index is -1.19. The number of pyridine rings is 1. The highest BCUT2D eigenvalue weighted by molar-refractivity contribution is 9.10. The van der Waals surface area contributed by atoms with Gasteiger partial charge in [0, 0.05) is 37.5 Å². The van der Waals surface area contributed by atoms with Gasteiger partial charge in [-0.3, -0.25) is 10.3 Å². The summed E-state index contributed by atoms with van der Waals surface area (Å²) in [5.41, 5.74) is 2.02. The first-order chi connectivity index (χ1) is 16.7. The highest BCUT2D eigenvalue weighted by Crippen LogP contribution is 2.45. The topological polar surface area (TPSA) is 94.5 Å². The van der Waals surface area contributed by atoms with Gasteiger partial charge in [0.25, 0.3) is 0 Å². The van der Waals surface area contributed by atoms with Crippen LogP contribution in [0.15, 0.2) is 21.7 Å². The van der Waals surface area contributed by atoms with E-state index >= 15 is 0 Å². The molecule has 194 valence electrons. The SMILES string of the molecule is COC(=O)NC1CN(COCC[Si](C)(C)C)C(C2CC(OC3CCCCO3)c3cc(Br)cnc32)=N1. The minimum absolute atomic E-state index is 0.0586. The fourth-order valence-electron chi connectivity index (χ4n) is 4.67. The Kier molecular flexibility index (Phi) is 8.85. The van der Waals surface area contributed by atoms with Crippen molar-refractivity contribution in [2.45, 2.75) is 75.8 Å². The zero-order chi connectivity index (χ0) is 25.0. The van der Waals surface area contributed by atoms with Gasteiger partial charge in [0.1, 0.15) is 18.7 Å². The molecule has 0 saturated carbocycles. The Morgan fingerprint density at radius 1 is 1.34 bits per heavy atom. The quantitative estimate of drug-likeness (QED) is 0.343. The molecule has 3 heterocycles. The van der Waals surface area contributed by atoms with Crippen molar-refractivity contribution >= 4 is 35.9 Å². The highest BCUT2D eigenvalue weighted by atomic mass is 79.9. The summed E-state index contributed by atoms with van der Waals surface area (Å²) in [6.45, 7) is 9.41. The number of hydrogen-bond acceptors (Lipinski definition) is 8. The molecule has 35 heavy (non-hydrogen) atoms. The lowest BCUT2D eigenvalue weighted by Crippen LogP contribution is -2.40. The largest absolute Gasteiger partial charge is 0.453 e. The molecule has 11 heteroatoms. The van der Waals surface area contributed by atoms with Crippen LogP contribution in [-0.2, 0) is 18.9 Å². The van der Waals surface area contributed by atoms with Crippen LogP contribution >= 0.6 is 15.9 Å². The standard InChI is InChI=1S/C24H37BrN4O5Si/c1-31-24(30)28-20-14-29(15-32-9-10-35(2,3)4)23(27-20)18-12-19(34-21-7-5-6-8-33-21)17-11-16(25)13-26-22(17)18/h11,13,18-21H,5-10,12,14-15H2,1-4H3,(H,28,30). The van der Waals surface area contributed by atoms with Crippen molar-refractivity contribution in [3.8, 4) is 0 Å². The Hall–Kier alpha value is -1.53. The molecule has 2 aliphatic heterocycles. The molecule has 1 aromatic rings. The molecular weight excluding hydrogens is 532 g/mol. The maximum absolute atomic E-state index is 11.9. The van der Waals surface area contributed by atoms with Crippen LogP contribution in [-0.4, -0.2) is 75.9 Å². The van der Waals surface area contributed by atoms with Crippen LogP contribution in [0.4, 0.5) is 4.79 Å². The third-order valence-electron chi connectivity index (χ3n) is 6.53. The van der Waals surface area contributed by atoms with Crippen molar-refractivity contribution in [3.63, 3.8) is 0 Å². The van der Waals surface area contributed by atoms with Gasteiger partial charge in [-0.2, -0.15) is 0 Å². The van der Waals surface area contributed by atoms with E-state index in [9.17, 15) is 4.79 Å². The van der Waals surface area contributed by atoms with E-state index < -0.39 is 20.3 Å². The van der Waals surface area contributed by atoms with Crippen LogP contribution in [0.3, 0.4) is 0 Å². The van der Waals surface area contributed by atoms with Crippen molar-refractivity contribution in [2.75, 3.05) is 33.6 Å². The number of rotatable bonds is 9. The smallest absolute Gasteiger partial charge is 0.408 e. The summed E-state index contributed by atoms with van der Waals surface area (Å²) in [5, 5.41) is 2.82. The Morgan fingerprint density at radius 2 is 2.17 bits per heavy atom. The molecule has 0 aromatic carbocycles. The van der Waals surface area contributed by atoms with Gasteiger partial charge in [0.2, 0.25) is 0 Å². The van der Waals surface area contributed by atoms with Crippen LogP contribution in [0, 0.1) is 0 Å². The summed E-state index contributed by atoms with van der Waals surface area (Å²) in [4.78, 5) is 23.7. The van der Waals surface area contributed by atoms with E-state index in [0.717, 1.165) is 53.5 Å². The second-order valence-corrected chi connectivity index (χ2v) is 17.1. The minimum Gasteiger partial charge on any atom is -0.453 e. The van der Waals surface area contributed by atoms with Gasteiger partial charge in [-0.05, 0) is 53.7 Å². The van der Waals surface area contributed by atoms with Crippen LogP contribution in [0.5, 0.6) is 0 Å². The Bertz CT molecular complexity index is 922. The van der Waals surface area contributed by atoms with E-state index in [1.807, 2.05) is 6.20 Å². The summed E-state index contributed by atoms with van der Waals surface area (Å²) in [6, 6.07) is 3.18. The molecule has 0 radical (unpaired) electrons. The number of amides is 1. The number of carbonyl (C=O) groups excluding carboxylic acids is 1. The maximum atomic E-state index is 11.9. The fraction of sp³-hybridized carbons (Fsp3) is 0.708. The van der Waals surface area contributed by atoms with Gasteiger partial charge in [-0.1, -0.05) is 19.6 Å². The molecule has 1 fully saturated rings. The summed E-state index contributed by atoms with van der Waals surface area (Å²) >= 11 is 3.57. The lowest BCUT2D eigenvalue weighted by Gasteiger charge is -2.27. The number of nitrogens with zero attached hydrogens (tertiary/aromatic N) is 3. The number of methoxy groups -OCH3 is 1. The van der Waals surface area contributed by atoms with Gasteiger partial charge in [0.15, 0.2) is 6.29 Å². The van der Waals surface area contributed by atoms with E-state index in [0.29, 0.717) is 26.3 Å². The Morgan fingerprint density at radius 3 is 2.89 bits per heavy atom. The normalized spacial score (nSPS) is 26.4. The molecule has 4 unspecified atom stereocenters. The molecule has 1 aliphatic carbocycles. The first-order valence-corrected chi connectivity index (χ1v) is 16.9. The zero-order valence-corrected chi connectivity index (χ0v) is 23.7. The summed E-state index contributed by atoms with van der Waals surface area (Å²) in [6.07, 6.45) is 4.40. The molecule has 4 atom stereocenters. The van der Waals surface area contributed by atoms with Crippen molar-refractivity contribution in [3.05, 3.63) is 28.0 Å². The van der Waals surface area contributed by atoms with E-state index in [2.05, 4.69) is 51.9 Å². The second-order valence-electron chi connectivity index (χ2n) is 10.5. The van der Waals surface area contributed by atoms with Crippen LogP contribution in [0.2, 0.25) is 25.7 Å². The number of fused-ring (bicyclic) bond motifs is 1. The monoisotopic (exact) mass is 568 g/mol. The highest BCUT2D eigenvalue weighted by Gasteiger charge is 2.42. The average molecular weight is 570 g/mol. The third-order valence-corrected chi connectivity index (χ3v) is 8.67. The number of ether oxygens (including phenoxy) is 4. The number of aliphatic imine (C=N–C) groups is 1. The van der Waals surface area contributed by atoms with E-state index in [-0.39, 0.29) is 18.3 Å². The van der Waals surface area contributed by atoms with E-state index in [1.54, 1.807) is 0 Å². The molecular formula is C24H37BrN4O5Si. The Balaban J connectivity index is 1.53. The molecule has 3 aliphatic rings. The molecule has 1 N–H and O–H groups in total. The maximum Gasteiger partial charge on any atom is 0.408 e. The van der Waals surface area contributed by atoms with Crippen LogP contribution in [0.25, 0.3) is 0 Å². The predicted octanol–water partition coefficient (Wildman–Crippen LogP) is 4.62. The third kappa shape index (κ3) is 7.03. The number of alkyl carbamates (subject to hydrolysis) is 1. The van der Waals surface area contributed by atoms with E-state index in [1.165, 1.54) is 7.11 Å². The van der Waals surface area contributed by atoms with Crippen molar-refractivity contribution in [2.24, 2.45) is 4.99 Å². The lowest BCUT2D eigenvalue weighted by molar-refractivity contribution is -0.189. The molecule has 1 amide bonds.